The van der Waals surface area contributed by atoms with Crippen LogP contribution in [0.5, 0.6) is 0 Å². The minimum absolute atomic E-state index is 0.110. The van der Waals surface area contributed by atoms with Crippen LogP contribution >= 0.6 is 0 Å². The number of amides is 1. The molecule has 0 spiro atoms. The number of carbonyl (C=O) groups is 1. The van der Waals surface area contributed by atoms with Gasteiger partial charge in [-0.05, 0) is 6.42 Å². The van der Waals surface area contributed by atoms with E-state index in [4.69, 9.17) is 0 Å². The van der Waals surface area contributed by atoms with Gasteiger partial charge < -0.3 is 19.4 Å². The molecule has 0 aliphatic carbocycles. The van der Waals surface area contributed by atoms with E-state index in [2.05, 4.69) is 47.5 Å². The Morgan fingerprint density at radius 3 is 2.23 bits per heavy atom. The molecule has 5 nitrogen and oxygen atoms in total. The van der Waals surface area contributed by atoms with Crippen LogP contribution < -0.4 is 5.32 Å². The fourth-order valence-electron chi connectivity index (χ4n) is 2.81. The number of nitrogens with one attached hydrogen (secondary N) is 1. The number of likely N-dealkylation sites (N-methyl/N-ethyl adjacent to an activating group) is 2. The Balaban J connectivity index is 4.00. The van der Waals surface area contributed by atoms with E-state index in [0.717, 1.165) is 54.4 Å². The minimum Gasteiger partial charge on any atom is -0.382 e. The summed E-state index contributed by atoms with van der Waals surface area (Å²) >= 11 is 0. The Labute approximate surface area is 137 Å². The van der Waals surface area contributed by atoms with Crippen LogP contribution in [0.3, 0.4) is 0 Å². The SMILES string of the molecule is CCCC(C)C(=O)NCCC[N+](C)(C)CC(O)C[N+](C)(C)C. The molecule has 0 bridgehead atoms. The molecule has 1 amide bonds. The second-order valence-corrected chi connectivity index (χ2v) is 8.30. The molecule has 0 aliphatic heterocycles. The van der Waals surface area contributed by atoms with E-state index in [0.29, 0.717) is 0 Å². The number of quaternary nitrogens is 2. The standard InChI is InChI=1S/C17H38N3O2/c1-8-10-15(2)17(22)18-11-9-12-20(6,7)14-16(21)13-19(3,4)5/h15-16,21H,8-14H2,1-7H3/q+1/p+1. The van der Waals surface area contributed by atoms with Crippen molar-refractivity contribution in [2.24, 2.45) is 5.92 Å². The van der Waals surface area contributed by atoms with Crippen LogP contribution in [0.4, 0.5) is 0 Å². The summed E-state index contributed by atoms with van der Waals surface area (Å²) in [6.45, 7) is 7.27. The summed E-state index contributed by atoms with van der Waals surface area (Å²) in [4.78, 5) is 11.8. The lowest BCUT2D eigenvalue weighted by Crippen LogP contribution is -2.51. The maximum Gasteiger partial charge on any atom is 0.222 e. The fraction of sp³-hybridized carbons (Fsp3) is 0.941. The number of rotatable bonds is 11. The third-order valence-corrected chi connectivity index (χ3v) is 3.87. The molecule has 0 heterocycles. The highest BCUT2D eigenvalue weighted by Gasteiger charge is 2.24. The summed E-state index contributed by atoms with van der Waals surface area (Å²) in [6.07, 6.45) is 2.64. The molecule has 2 atom stereocenters. The van der Waals surface area contributed by atoms with Crippen molar-refractivity contribution in [3.8, 4) is 0 Å². The average Bonchev–Trinajstić information content (AvgIpc) is 2.31. The Hall–Kier alpha value is -0.650. The normalized spacial score (nSPS) is 15.5. The van der Waals surface area contributed by atoms with Crippen LogP contribution in [-0.4, -0.2) is 87.5 Å². The predicted octanol–water partition coefficient (Wildman–Crippen LogP) is 1.07. The monoisotopic (exact) mass is 317 g/mol. The number of carbonyl (C=O) groups excluding carboxylic acids is 1. The highest BCUT2D eigenvalue weighted by atomic mass is 16.3. The molecule has 2 unspecified atom stereocenters. The van der Waals surface area contributed by atoms with Crippen molar-refractivity contribution in [3.63, 3.8) is 0 Å². The van der Waals surface area contributed by atoms with E-state index < -0.39 is 0 Å². The second-order valence-electron chi connectivity index (χ2n) is 8.30. The molecule has 0 aromatic rings. The average molecular weight is 318 g/mol. The first kappa shape index (κ1) is 21.4. The van der Waals surface area contributed by atoms with Gasteiger partial charge in [0.05, 0.1) is 41.8 Å². The van der Waals surface area contributed by atoms with Crippen molar-refractivity contribution in [2.75, 3.05) is 61.4 Å². The van der Waals surface area contributed by atoms with Crippen molar-refractivity contribution >= 4 is 5.91 Å². The first-order valence-corrected chi connectivity index (χ1v) is 8.55. The van der Waals surface area contributed by atoms with Gasteiger partial charge >= 0.3 is 0 Å². The first-order valence-electron chi connectivity index (χ1n) is 8.55. The van der Waals surface area contributed by atoms with Crippen LogP contribution in [0.15, 0.2) is 0 Å². The molecular formula is C17H39N3O2+2. The van der Waals surface area contributed by atoms with Crippen molar-refractivity contribution in [3.05, 3.63) is 0 Å². The number of aliphatic hydroxyl groups is 1. The fourth-order valence-corrected chi connectivity index (χ4v) is 2.81. The van der Waals surface area contributed by atoms with E-state index in [-0.39, 0.29) is 17.9 Å². The van der Waals surface area contributed by atoms with Crippen LogP contribution in [0.2, 0.25) is 0 Å². The van der Waals surface area contributed by atoms with E-state index in [1.807, 2.05) is 6.92 Å². The van der Waals surface area contributed by atoms with E-state index >= 15 is 0 Å². The number of aliphatic hydroxyl groups excluding tert-OH is 1. The Morgan fingerprint density at radius 2 is 1.73 bits per heavy atom. The third kappa shape index (κ3) is 11.0. The van der Waals surface area contributed by atoms with Gasteiger partial charge in [0.15, 0.2) is 6.10 Å². The predicted molar refractivity (Wildman–Crippen MR) is 92.4 cm³/mol. The summed E-state index contributed by atoms with van der Waals surface area (Å²) in [5.74, 6) is 0.274. The molecule has 0 aliphatic rings. The molecule has 0 aromatic heterocycles. The van der Waals surface area contributed by atoms with Gasteiger partial charge in [0.1, 0.15) is 13.1 Å². The lowest BCUT2D eigenvalue weighted by atomic mass is 10.1. The van der Waals surface area contributed by atoms with Crippen LogP contribution in [0.25, 0.3) is 0 Å². The van der Waals surface area contributed by atoms with E-state index in [1.54, 1.807) is 0 Å². The summed E-state index contributed by atoms with van der Waals surface area (Å²) in [6, 6.07) is 0. The van der Waals surface area contributed by atoms with Gasteiger partial charge in [-0.25, -0.2) is 0 Å². The van der Waals surface area contributed by atoms with Gasteiger partial charge in [0, 0.05) is 18.9 Å². The van der Waals surface area contributed by atoms with Gasteiger partial charge in [0.2, 0.25) is 5.91 Å². The molecule has 0 radical (unpaired) electrons. The molecule has 0 aromatic carbocycles. The summed E-state index contributed by atoms with van der Waals surface area (Å²) < 4.78 is 1.55. The molecule has 0 saturated heterocycles. The van der Waals surface area contributed by atoms with Crippen molar-refractivity contribution in [1.29, 1.82) is 0 Å². The quantitative estimate of drug-likeness (QED) is 0.442. The Morgan fingerprint density at radius 1 is 1.14 bits per heavy atom. The van der Waals surface area contributed by atoms with Crippen LogP contribution in [0.1, 0.15) is 33.1 Å². The zero-order chi connectivity index (χ0) is 17.4. The number of nitrogens with zero attached hydrogens (tertiary/aromatic N) is 2. The van der Waals surface area contributed by atoms with Crippen LogP contribution in [-0.2, 0) is 4.79 Å². The molecule has 22 heavy (non-hydrogen) atoms. The Kier molecular flexibility index (Phi) is 9.20. The van der Waals surface area contributed by atoms with Gasteiger partial charge in [0.25, 0.3) is 0 Å². The number of hydrogen-bond acceptors (Lipinski definition) is 2. The lowest BCUT2D eigenvalue weighted by molar-refractivity contribution is -0.907. The molecule has 0 rings (SSSR count). The maximum absolute atomic E-state index is 11.8. The zero-order valence-corrected chi connectivity index (χ0v) is 15.9. The molecule has 132 valence electrons. The second kappa shape index (κ2) is 9.48. The van der Waals surface area contributed by atoms with E-state index in [1.165, 1.54) is 0 Å². The largest absolute Gasteiger partial charge is 0.382 e. The minimum atomic E-state index is -0.297. The third-order valence-electron chi connectivity index (χ3n) is 3.87. The molecule has 0 fully saturated rings. The molecule has 5 heteroatoms. The smallest absolute Gasteiger partial charge is 0.222 e. The van der Waals surface area contributed by atoms with Crippen molar-refractivity contribution in [2.45, 2.75) is 39.2 Å². The first-order chi connectivity index (χ1) is 9.97. The summed E-state index contributed by atoms with van der Waals surface area (Å²) in [5, 5.41) is 13.2. The summed E-state index contributed by atoms with van der Waals surface area (Å²) in [5.41, 5.74) is 0. The maximum atomic E-state index is 11.8. The summed E-state index contributed by atoms with van der Waals surface area (Å²) in [7, 11) is 10.6. The zero-order valence-electron chi connectivity index (χ0n) is 15.9. The van der Waals surface area contributed by atoms with E-state index in [9.17, 15) is 9.90 Å². The van der Waals surface area contributed by atoms with Gasteiger partial charge in [-0.3, -0.25) is 4.79 Å². The lowest BCUT2D eigenvalue weighted by Gasteiger charge is -2.34. The van der Waals surface area contributed by atoms with Gasteiger partial charge in [-0.15, -0.1) is 0 Å². The van der Waals surface area contributed by atoms with Gasteiger partial charge in [-0.2, -0.15) is 0 Å². The Bertz CT molecular complexity index is 324. The molecule has 0 saturated carbocycles. The highest BCUT2D eigenvalue weighted by molar-refractivity contribution is 5.78. The topological polar surface area (TPSA) is 49.3 Å². The van der Waals surface area contributed by atoms with Crippen molar-refractivity contribution in [1.82, 2.24) is 5.32 Å². The van der Waals surface area contributed by atoms with Crippen LogP contribution in [0, 0.1) is 5.92 Å². The van der Waals surface area contributed by atoms with Crippen molar-refractivity contribution < 1.29 is 18.9 Å². The molecular weight excluding hydrogens is 278 g/mol. The van der Waals surface area contributed by atoms with Gasteiger partial charge in [-0.1, -0.05) is 20.3 Å². The highest BCUT2D eigenvalue weighted by Crippen LogP contribution is 2.06. The molecule has 2 N–H and O–H groups in total. The number of hydrogen-bond donors (Lipinski definition) is 2.